The van der Waals surface area contributed by atoms with Crippen LogP contribution < -0.4 is 10.2 Å². The number of nitrogens with zero attached hydrogens (tertiary/aromatic N) is 2. The van der Waals surface area contributed by atoms with Gasteiger partial charge in [-0.15, -0.1) is 0 Å². The van der Waals surface area contributed by atoms with Crippen molar-refractivity contribution >= 4 is 5.69 Å². The summed E-state index contributed by atoms with van der Waals surface area (Å²) >= 11 is 0. The van der Waals surface area contributed by atoms with Crippen LogP contribution >= 0.6 is 0 Å². The van der Waals surface area contributed by atoms with Gasteiger partial charge >= 0.3 is 0 Å². The van der Waals surface area contributed by atoms with Gasteiger partial charge in [-0.3, -0.25) is 0 Å². The number of hydrogen-bond donors (Lipinski definition) is 1. The SMILES string of the molecule is CNCc1ccc(N2CCCC(C(C)C)CC2)c(C#N)c1. The second-order valence-electron chi connectivity index (χ2n) is 6.42. The van der Waals surface area contributed by atoms with Gasteiger partial charge in [0.05, 0.1) is 11.3 Å². The van der Waals surface area contributed by atoms with Crippen LogP contribution in [0.4, 0.5) is 5.69 Å². The highest BCUT2D eigenvalue weighted by atomic mass is 15.1. The molecule has 21 heavy (non-hydrogen) atoms. The Morgan fingerprint density at radius 3 is 2.81 bits per heavy atom. The van der Waals surface area contributed by atoms with E-state index in [1.165, 1.54) is 24.8 Å². The molecule has 114 valence electrons. The average Bonchev–Trinajstić information content (AvgIpc) is 2.73. The molecule has 1 aliphatic rings. The molecule has 0 amide bonds. The van der Waals surface area contributed by atoms with E-state index in [0.717, 1.165) is 42.7 Å². The van der Waals surface area contributed by atoms with E-state index in [1.54, 1.807) is 0 Å². The fourth-order valence-corrected chi connectivity index (χ4v) is 3.29. The zero-order chi connectivity index (χ0) is 15.2. The minimum atomic E-state index is 0.762. The molecular formula is C18H27N3. The summed E-state index contributed by atoms with van der Waals surface area (Å²) in [7, 11) is 1.93. The summed E-state index contributed by atoms with van der Waals surface area (Å²) in [5.74, 6) is 1.59. The Kier molecular flexibility index (Phi) is 5.64. The fourth-order valence-electron chi connectivity index (χ4n) is 3.29. The summed E-state index contributed by atoms with van der Waals surface area (Å²) in [4.78, 5) is 2.41. The number of benzene rings is 1. The van der Waals surface area contributed by atoms with Crippen molar-refractivity contribution in [2.45, 2.75) is 39.7 Å². The highest BCUT2D eigenvalue weighted by Gasteiger charge is 2.21. The first-order valence-electron chi connectivity index (χ1n) is 8.08. The maximum atomic E-state index is 9.46. The normalized spacial score (nSPS) is 19.4. The van der Waals surface area contributed by atoms with Crippen LogP contribution in [0.3, 0.4) is 0 Å². The molecule has 0 spiro atoms. The van der Waals surface area contributed by atoms with E-state index >= 15 is 0 Å². The van der Waals surface area contributed by atoms with Crippen molar-refractivity contribution in [3.8, 4) is 6.07 Å². The highest BCUT2D eigenvalue weighted by molar-refractivity contribution is 5.60. The molecule has 3 nitrogen and oxygen atoms in total. The van der Waals surface area contributed by atoms with Crippen molar-refractivity contribution in [2.24, 2.45) is 11.8 Å². The number of nitriles is 1. The monoisotopic (exact) mass is 285 g/mol. The van der Waals surface area contributed by atoms with E-state index in [1.807, 2.05) is 13.1 Å². The van der Waals surface area contributed by atoms with Gasteiger partial charge in [-0.25, -0.2) is 0 Å². The van der Waals surface area contributed by atoms with Crippen LogP contribution in [0.2, 0.25) is 0 Å². The molecule has 1 unspecified atom stereocenters. The number of rotatable bonds is 4. The van der Waals surface area contributed by atoms with Gasteiger partial charge in [-0.1, -0.05) is 19.9 Å². The van der Waals surface area contributed by atoms with E-state index in [9.17, 15) is 5.26 Å². The van der Waals surface area contributed by atoms with E-state index in [2.05, 4.69) is 42.3 Å². The van der Waals surface area contributed by atoms with Gasteiger partial charge in [0.25, 0.3) is 0 Å². The summed E-state index contributed by atoms with van der Waals surface area (Å²) in [5.41, 5.74) is 3.10. The van der Waals surface area contributed by atoms with E-state index in [-0.39, 0.29) is 0 Å². The molecule has 0 radical (unpaired) electrons. The first kappa shape index (κ1) is 15.9. The summed E-state index contributed by atoms with van der Waals surface area (Å²) in [6, 6.07) is 8.66. The molecule has 0 saturated carbocycles. The quantitative estimate of drug-likeness (QED) is 0.919. The third kappa shape index (κ3) is 3.98. The van der Waals surface area contributed by atoms with Crippen molar-refractivity contribution in [1.82, 2.24) is 5.32 Å². The molecule has 2 rings (SSSR count). The standard InChI is InChI=1S/C18H27N3/c1-14(2)16-5-4-9-21(10-8-16)18-7-6-15(13-20-3)11-17(18)12-19/h6-7,11,14,16,20H,4-5,8-10,13H2,1-3H3. The second-order valence-corrected chi connectivity index (χ2v) is 6.42. The van der Waals surface area contributed by atoms with Crippen LogP contribution in [0.15, 0.2) is 18.2 Å². The van der Waals surface area contributed by atoms with Crippen LogP contribution in [0.5, 0.6) is 0 Å². The Morgan fingerprint density at radius 1 is 1.33 bits per heavy atom. The molecule has 0 bridgehead atoms. The lowest BCUT2D eigenvalue weighted by Gasteiger charge is -2.25. The van der Waals surface area contributed by atoms with Crippen molar-refractivity contribution < 1.29 is 0 Å². The molecule has 1 aliphatic heterocycles. The first-order chi connectivity index (χ1) is 10.2. The third-order valence-corrected chi connectivity index (χ3v) is 4.62. The van der Waals surface area contributed by atoms with Crippen molar-refractivity contribution in [1.29, 1.82) is 5.26 Å². The molecule has 1 fully saturated rings. The molecule has 1 aromatic rings. The highest BCUT2D eigenvalue weighted by Crippen LogP contribution is 2.29. The second kappa shape index (κ2) is 7.47. The van der Waals surface area contributed by atoms with Crippen LogP contribution in [0.25, 0.3) is 0 Å². The van der Waals surface area contributed by atoms with Crippen LogP contribution in [-0.2, 0) is 6.54 Å². The zero-order valence-electron chi connectivity index (χ0n) is 13.5. The summed E-state index contributed by atoms with van der Waals surface area (Å²) in [5, 5.41) is 12.6. The molecule has 1 saturated heterocycles. The predicted molar refractivity (Wildman–Crippen MR) is 88.3 cm³/mol. The number of hydrogen-bond acceptors (Lipinski definition) is 3. The Hall–Kier alpha value is -1.53. The maximum absolute atomic E-state index is 9.46. The van der Waals surface area contributed by atoms with Crippen LogP contribution in [-0.4, -0.2) is 20.1 Å². The summed E-state index contributed by atoms with van der Waals surface area (Å²) in [6.07, 6.45) is 3.78. The van der Waals surface area contributed by atoms with Gasteiger partial charge in [-0.2, -0.15) is 5.26 Å². The van der Waals surface area contributed by atoms with Crippen molar-refractivity contribution in [2.75, 3.05) is 25.0 Å². The lowest BCUT2D eigenvalue weighted by atomic mass is 9.89. The minimum Gasteiger partial charge on any atom is -0.370 e. The fraction of sp³-hybridized carbons (Fsp3) is 0.611. The van der Waals surface area contributed by atoms with Crippen molar-refractivity contribution in [3.63, 3.8) is 0 Å². The van der Waals surface area contributed by atoms with Crippen LogP contribution in [0.1, 0.15) is 44.2 Å². The Labute approximate surface area is 129 Å². The molecule has 1 N–H and O–H groups in total. The lowest BCUT2D eigenvalue weighted by molar-refractivity contribution is 0.351. The number of anilines is 1. The zero-order valence-corrected chi connectivity index (χ0v) is 13.5. The third-order valence-electron chi connectivity index (χ3n) is 4.62. The summed E-state index contributed by atoms with van der Waals surface area (Å²) < 4.78 is 0. The van der Waals surface area contributed by atoms with Gasteiger partial charge in [-0.05, 0) is 55.8 Å². The molecular weight excluding hydrogens is 258 g/mol. The van der Waals surface area contributed by atoms with Crippen molar-refractivity contribution in [3.05, 3.63) is 29.3 Å². The Balaban J connectivity index is 2.16. The molecule has 1 atom stereocenters. The molecule has 0 aromatic heterocycles. The van der Waals surface area contributed by atoms with Gasteiger partial charge in [0.2, 0.25) is 0 Å². The topological polar surface area (TPSA) is 39.1 Å². The van der Waals surface area contributed by atoms with Gasteiger partial charge < -0.3 is 10.2 Å². The summed E-state index contributed by atoms with van der Waals surface area (Å²) in [6.45, 7) is 7.61. The number of nitrogens with one attached hydrogen (secondary N) is 1. The predicted octanol–water partition coefficient (Wildman–Crippen LogP) is 3.54. The molecule has 1 aromatic carbocycles. The largest absolute Gasteiger partial charge is 0.370 e. The van der Waals surface area contributed by atoms with Gasteiger partial charge in [0, 0.05) is 19.6 Å². The first-order valence-corrected chi connectivity index (χ1v) is 8.08. The minimum absolute atomic E-state index is 0.762. The maximum Gasteiger partial charge on any atom is 0.101 e. The van der Waals surface area contributed by atoms with E-state index < -0.39 is 0 Å². The Bertz CT molecular complexity index is 502. The van der Waals surface area contributed by atoms with E-state index in [4.69, 9.17) is 0 Å². The molecule has 0 aliphatic carbocycles. The van der Waals surface area contributed by atoms with Gasteiger partial charge in [0.1, 0.15) is 6.07 Å². The van der Waals surface area contributed by atoms with E-state index in [0.29, 0.717) is 0 Å². The van der Waals surface area contributed by atoms with Crippen LogP contribution in [0, 0.1) is 23.2 Å². The molecule has 3 heteroatoms. The average molecular weight is 285 g/mol. The lowest BCUT2D eigenvalue weighted by Crippen LogP contribution is -2.25. The Morgan fingerprint density at radius 2 is 2.14 bits per heavy atom. The smallest absolute Gasteiger partial charge is 0.101 e. The molecule has 1 heterocycles. The van der Waals surface area contributed by atoms with Gasteiger partial charge in [0.15, 0.2) is 0 Å².